The van der Waals surface area contributed by atoms with Crippen molar-refractivity contribution >= 4 is 6.08 Å². The van der Waals surface area contributed by atoms with Crippen LogP contribution in [0.3, 0.4) is 0 Å². The van der Waals surface area contributed by atoms with Crippen molar-refractivity contribution in [3.63, 3.8) is 0 Å². The molecule has 2 fully saturated rings. The number of piperidine rings is 1. The standard InChI is InChI=1S/C18H26N2/c1-15(13-16-5-3-2-4-6-16)14-19-17-9-11-20(12-10-17)18-7-8-18/h2-6,13,17-19H,7-12,14H2,1H3. The molecule has 1 aliphatic carbocycles. The average molecular weight is 270 g/mol. The van der Waals surface area contributed by atoms with E-state index in [1.165, 1.54) is 49.9 Å². The van der Waals surface area contributed by atoms with Crippen LogP contribution in [0.1, 0.15) is 38.2 Å². The second-order valence-corrected chi connectivity index (χ2v) is 6.32. The van der Waals surface area contributed by atoms with E-state index in [-0.39, 0.29) is 0 Å². The van der Waals surface area contributed by atoms with Crippen LogP contribution in [0.4, 0.5) is 0 Å². The maximum absolute atomic E-state index is 3.73. The van der Waals surface area contributed by atoms with E-state index in [0.717, 1.165) is 12.6 Å². The number of nitrogens with one attached hydrogen (secondary N) is 1. The van der Waals surface area contributed by atoms with E-state index in [1.807, 2.05) is 0 Å². The zero-order valence-corrected chi connectivity index (χ0v) is 12.5. The second kappa shape index (κ2) is 6.55. The first-order valence-corrected chi connectivity index (χ1v) is 8.01. The highest BCUT2D eigenvalue weighted by atomic mass is 15.2. The summed E-state index contributed by atoms with van der Waals surface area (Å²) >= 11 is 0. The van der Waals surface area contributed by atoms with E-state index in [9.17, 15) is 0 Å². The summed E-state index contributed by atoms with van der Waals surface area (Å²) in [4.78, 5) is 2.69. The third-order valence-corrected chi connectivity index (χ3v) is 4.48. The van der Waals surface area contributed by atoms with E-state index in [1.54, 1.807) is 0 Å². The molecular formula is C18H26N2. The predicted octanol–water partition coefficient (Wildman–Crippen LogP) is 3.31. The SMILES string of the molecule is CC(=Cc1ccccc1)CNC1CCN(C2CC2)CC1. The molecule has 1 saturated carbocycles. The number of hydrogen-bond acceptors (Lipinski definition) is 2. The lowest BCUT2D eigenvalue weighted by Gasteiger charge is -2.32. The topological polar surface area (TPSA) is 15.3 Å². The Morgan fingerprint density at radius 3 is 2.50 bits per heavy atom. The molecule has 0 aromatic heterocycles. The monoisotopic (exact) mass is 270 g/mol. The number of likely N-dealkylation sites (tertiary alicyclic amines) is 1. The highest BCUT2D eigenvalue weighted by Crippen LogP contribution is 2.29. The zero-order valence-electron chi connectivity index (χ0n) is 12.5. The van der Waals surface area contributed by atoms with Gasteiger partial charge in [-0.25, -0.2) is 0 Å². The normalized spacial score (nSPS) is 22.1. The van der Waals surface area contributed by atoms with Gasteiger partial charge in [-0.1, -0.05) is 42.0 Å². The maximum Gasteiger partial charge on any atom is 0.0167 e. The lowest BCUT2D eigenvalue weighted by molar-refractivity contribution is 0.191. The lowest BCUT2D eigenvalue weighted by atomic mass is 10.0. The van der Waals surface area contributed by atoms with Gasteiger partial charge in [-0.05, 0) is 51.3 Å². The fraction of sp³-hybridized carbons (Fsp3) is 0.556. The Labute approximate surface area is 122 Å². The van der Waals surface area contributed by atoms with Crippen LogP contribution < -0.4 is 5.32 Å². The van der Waals surface area contributed by atoms with Gasteiger partial charge in [-0.2, -0.15) is 0 Å². The molecular weight excluding hydrogens is 244 g/mol. The zero-order chi connectivity index (χ0) is 13.8. The molecule has 3 rings (SSSR count). The van der Waals surface area contributed by atoms with E-state index in [2.05, 4.69) is 53.5 Å². The van der Waals surface area contributed by atoms with Crippen LogP contribution in [0.25, 0.3) is 6.08 Å². The molecule has 2 heteroatoms. The van der Waals surface area contributed by atoms with Crippen LogP contribution in [0.15, 0.2) is 35.9 Å². The average Bonchev–Trinajstić information content (AvgIpc) is 3.31. The van der Waals surface area contributed by atoms with E-state index in [0.29, 0.717) is 6.04 Å². The van der Waals surface area contributed by atoms with Gasteiger partial charge in [-0.15, -0.1) is 0 Å². The van der Waals surface area contributed by atoms with Crippen LogP contribution in [0.2, 0.25) is 0 Å². The fourth-order valence-corrected chi connectivity index (χ4v) is 3.10. The van der Waals surface area contributed by atoms with Crippen LogP contribution >= 0.6 is 0 Å². The number of hydrogen-bond donors (Lipinski definition) is 1. The molecule has 0 amide bonds. The molecule has 2 nitrogen and oxygen atoms in total. The summed E-state index contributed by atoms with van der Waals surface area (Å²) in [6.07, 6.45) is 7.80. The van der Waals surface area contributed by atoms with Crippen LogP contribution in [0, 0.1) is 0 Å². The molecule has 0 atom stereocenters. The van der Waals surface area contributed by atoms with E-state index >= 15 is 0 Å². The third-order valence-electron chi connectivity index (χ3n) is 4.48. The molecule has 1 heterocycles. The van der Waals surface area contributed by atoms with E-state index < -0.39 is 0 Å². The summed E-state index contributed by atoms with van der Waals surface area (Å²) in [5.41, 5.74) is 2.72. The number of nitrogens with zero attached hydrogens (tertiary/aromatic N) is 1. The highest BCUT2D eigenvalue weighted by Gasteiger charge is 2.31. The van der Waals surface area contributed by atoms with Gasteiger partial charge < -0.3 is 10.2 Å². The van der Waals surface area contributed by atoms with Gasteiger partial charge in [0.1, 0.15) is 0 Å². The van der Waals surface area contributed by atoms with Crippen molar-refractivity contribution in [1.29, 1.82) is 0 Å². The summed E-state index contributed by atoms with van der Waals surface area (Å²) in [6.45, 7) is 5.83. The van der Waals surface area contributed by atoms with Gasteiger partial charge in [0, 0.05) is 18.6 Å². The molecule has 0 radical (unpaired) electrons. The molecule has 0 spiro atoms. The molecule has 1 aromatic carbocycles. The Morgan fingerprint density at radius 1 is 1.15 bits per heavy atom. The first-order valence-electron chi connectivity index (χ1n) is 8.01. The van der Waals surface area contributed by atoms with Crippen molar-refractivity contribution in [2.24, 2.45) is 0 Å². The van der Waals surface area contributed by atoms with Gasteiger partial charge >= 0.3 is 0 Å². The Hall–Kier alpha value is -1.12. The summed E-state index contributed by atoms with van der Waals surface area (Å²) in [5.74, 6) is 0. The van der Waals surface area contributed by atoms with Crippen molar-refractivity contribution in [3.05, 3.63) is 41.5 Å². The quantitative estimate of drug-likeness (QED) is 0.883. The molecule has 2 aliphatic rings. The number of rotatable bonds is 5. The minimum atomic E-state index is 0.712. The smallest absolute Gasteiger partial charge is 0.0167 e. The van der Waals surface area contributed by atoms with Crippen molar-refractivity contribution in [2.45, 2.75) is 44.7 Å². The van der Waals surface area contributed by atoms with Crippen molar-refractivity contribution in [2.75, 3.05) is 19.6 Å². The Kier molecular flexibility index (Phi) is 4.54. The van der Waals surface area contributed by atoms with Gasteiger partial charge in [0.05, 0.1) is 0 Å². The molecule has 1 aliphatic heterocycles. The van der Waals surface area contributed by atoms with Gasteiger partial charge in [-0.3, -0.25) is 0 Å². The molecule has 1 aromatic rings. The molecule has 0 bridgehead atoms. The van der Waals surface area contributed by atoms with Crippen LogP contribution in [-0.2, 0) is 0 Å². The largest absolute Gasteiger partial charge is 0.310 e. The minimum Gasteiger partial charge on any atom is -0.310 e. The first kappa shape index (κ1) is 13.8. The Bertz CT molecular complexity index is 440. The summed E-state index contributed by atoms with van der Waals surface area (Å²) in [7, 11) is 0. The predicted molar refractivity (Wildman–Crippen MR) is 85.7 cm³/mol. The van der Waals surface area contributed by atoms with Crippen molar-refractivity contribution < 1.29 is 0 Å². The summed E-state index contributed by atoms with van der Waals surface area (Å²) < 4.78 is 0. The summed E-state index contributed by atoms with van der Waals surface area (Å²) in [6, 6.07) is 12.2. The van der Waals surface area contributed by atoms with Crippen molar-refractivity contribution in [1.82, 2.24) is 10.2 Å². The molecule has 1 saturated heterocycles. The van der Waals surface area contributed by atoms with Crippen LogP contribution in [-0.4, -0.2) is 36.6 Å². The summed E-state index contributed by atoms with van der Waals surface area (Å²) in [5, 5.41) is 3.73. The lowest BCUT2D eigenvalue weighted by Crippen LogP contribution is -2.43. The maximum atomic E-state index is 3.73. The molecule has 108 valence electrons. The molecule has 20 heavy (non-hydrogen) atoms. The van der Waals surface area contributed by atoms with Crippen molar-refractivity contribution in [3.8, 4) is 0 Å². The minimum absolute atomic E-state index is 0.712. The van der Waals surface area contributed by atoms with Gasteiger partial charge in [0.2, 0.25) is 0 Å². The Balaban J connectivity index is 1.42. The third kappa shape index (κ3) is 3.94. The van der Waals surface area contributed by atoms with Crippen LogP contribution in [0.5, 0.6) is 0 Å². The first-order chi connectivity index (χ1) is 9.81. The second-order valence-electron chi connectivity index (χ2n) is 6.32. The number of benzene rings is 1. The fourth-order valence-electron chi connectivity index (χ4n) is 3.10. The molecule has 0 unspecified atom stereocenters. The van der Waals surface area contributed by atoms with E-state index in [4.69, 9.17) is 0 Å². The van der Waals surface area contributed by atoms with Gasteiger partial charge in [0.15, 0.2) is 0 Å². The van der Waals surface area contributed by atoms with Gasteiger partial charge in [0.25, 0.3) is 0 Å². The molecule has 1 N–H and O–H groups in total. The Morgan fingerprint density at radius 2 is 1.85 bits per heavy atom. The highest BCUT2D eigenvalue weighted by molar-refractivity contribution is 5.52.